The number of ether oxygens (including phenoxy) is 3. The van der Waals surface area contributed by atoms with Crippen LogP contribution >= 0.6 is 0 Å². The zero-order valence-corrected chi connectivity index (χ0v) is 16.5. The van der Waals surface area contributed by atoms with Crippen LogP contribution in [0, 0.1) is 0 Å². The van der Waals surface area contributed by atoms with Crippen molar-refractivity contribution in [3.63, 3.8) is 0 Å². The van der Waals surface area contributed by atoms with Gasteiger partial charge in [-0.25, -0.2) is 4.98 Å². The molecule has 1 heterocycles. The summed E-state index contributed by atoms with van der Waals surface area (Å²) in [5, 5.41) is 0. The summed E-state index contributed by atoms with van der Waals surface area (Å²) >= 11 is 0. The molecule has 4 aromatic rings. The molecule has 5 nitrogen and oxygen atoms in total. The smallest absolute Gasteiger partial charge is 0.227 e. The molecule has 0 spiro atoms. The number of rotatable bonds is 6. The fourth-order valence-corrected chi connectivity index (χ4v) is 3.22. The summed E-state index contributed by atoms with van der Waals surface area (Å²) in [5.74, 6) is 2.98. The summed E-state index contributed by atoms with van der Waals surface area (Å²) < 4.78 is 22.9. The standard InChI is InChI=1S/C24H21NO4/c1-26-18-14-19(27-2)21(20(15-18)28-3)22-23(16-10-6-4-7-11-16)29-24(25-22)17-12-8-5-9-13-17/h4-15H,1-3H3. The van der Waals surface area contributed by atoms with Crippen LogP contribution in [0.5, 0.6) is 17.2 Å². The Balaban J connectivity index is 2.00. The molecule has 0 saturated carbocycles. The van der Waals surface area contributed by atoms with Gasteiger partial charge in [-0.15, -0.1) is 0 Å². The molecule has 0 amide bonds. The van der Waals surface area contributed by atoms with Crippen molar-refractivity contribution >= 4 is 0 Å². The van der Waals surface area contributed by atoms with E-state index >= 15 is 0 Å². The molecule has 29 heavy (non-hydrogen) atoms. The SMILES string of the molecule is COc1cc(OC)c(-c2nc(-c3ccccc3)oc2-c2ccccc2)c(OC)c1. The minimum Gasteiger partial charge on any atom is -0.496 e. The molecule has 0 unspecified atom stereocenters. The van der Waals surface area contributed by atoms with Crippen molar-refractivity contribution < 1.29 is 18.6 Å². The van der Waals surface area contributed by atoms with E-state index in [0.717, 1.165) is 11.1 Å². The molecule has 5 heteroatoms. The summed E-state index contributed by atoms with van der Waals surface area (Å²) in [6.07, 6.45) is 0. The van der Waals surface area contributed by atoms with Crippen molar-refractivity contribution in [2.24, 2.45) is 0 Å². The summed E-state index contributed by atoms with van der Waals surface area (Å²) in [5.41, 5.74) is 3.16. The van der Waals surface area contributed by atoms with Crippen molar-refractivity contribution in [2.75, 3.05) is 21.3 Å². The summed E-state index contributed by atoms with van der Waals surface area (Å²) in [6, 6.07) is 23.3. The first-order valence-corrected chi connectivity index (χ1v) is 9.17. The van der Waals surface area contributed by atoms with Crippen LogP contribution in [0.3, 0.4) is 0 Å². The van der Waals surface area contributed by atoms with Crippen molar-refractivity contribution in [2.45, 2.75) is 0 Å². The second-order valence-electron chi connectivity index (χ2n) is 6.34. The average molecular weight is 387 g/mol. The maximum absolute atomic E-state index is 6.24. The number of hydrogen-bond acceptors (Lipinski definition) is 5. The lowest BCUT2D eigenvalue weighted by Gasteiger charge is -2.14. The Hall–Kier alpha value is -3.73. The Bertz CT molecular complexity index is 1080. The predicted molar refractivity (Wildman–Crippen MR) is 112 cm³/mol. The van der Waals surface area contributed by atoms with E-state index in [0.29, 0.717) is 40.2 Å². The molecule has 0 aliphatic heterocycles. The van der Waals surface area contributed by atoms with Crippen LogP contribution in [0.2, 0.25) is 0 Å². The molecule has 3 aromatic carbocycles. The average Bonchev–Trinajstić information content (AvgIpc) is 3.24. The topological polar surface area (TPSA) is 53.7 Å². The molecule has 0 aliphatic carbocycles. The van der Waals surface area contributed by atoms with Gasteiger partial charge in [0, 0.05) is 23.3 Å². The monoisotopic (exact) mass is 387 g/mol. The molecule has 1 aromatic heterocycles. The lowest BCUT2D eigenvalue weighted by atomic mass is 10.0. The summed E-state index contributed by atoms with van der Waals surface area (Å²) in [4.78, 5) is 4.83. The second kappa shape index (κ2) is 8.10. The molecular formula is C24H21NO4. The van der Waals surface area contributed by atoms with E-state index in [1.807, 2.05) is 72.8 Å². The number of nitrogens with zero attached hydrogens (tertiary/aromatic N) is 1. The van der Waals surface area contributed by atoms with Crippen LogP contribution in [0.1, 0.15) is 0 Å². The molecule has 0 saturated heterocycles. The Morgan fingerprint density at radius 2 is 1.24 bits per heavy atom. The molecule has 4 rings (SSSR count). The fourth-order valence-electron chi connectivity index (χ4n) is 3.22. The number of hydrogen-bond donors (Lipinski definition) is 0. The van der Waals surface area contributed by atoms with Crippen LogP contribution in [-0.2, 0) is 0 Å². The van der Waals surface area contributed by atoms with E-state index in [4.69, 9.17) is 23.6 Å². The Morgan fingerprint density at radius 3 is 1.76 bits per heavy atom. The highest BCUT2D eigenvalue weighted by molar-refractivity contribution is 5.86. The van der Waals surface area contributed by atoms with Crippen LogP contribution in [-0.4, -0.2) is 26.3 Å². The van der Waals surface area contributed by atoms with E-state index in [1.165, 1.54) is 0 Å². The highest BCUT2D eigenvalue weighted by Gasteiger charge is 2.25. The molecular weight excluding hydrogens is 366 g/mol. The van der Waals surface area contributed by atoms with Gasteiger partial charge in [-0.1, -0.05) is 48.5 Å². The molecule has 146 valence electrons. The van der Waals surface area contributed by atoms with Crippen molar-refractivity contribution in [3.8, 4) is 51.3 Å². The van der Waals surface area contributed by atoms with Crippen LogP contribution in [0.4, 0.5) is 0 Å². The molecule has 0 N–H and O–H groups in total. The Kier molecular flexibility index (Phi) is 5.20. The van der Waals surface area contributed by atoms with Crippen molar-refractivity contribution in [3.05, 3.63) is 72.8 Å². The van der Waals surface area contributed by atoms with Crippen molar-refractivity contribution in [1.29, 1.82) is 0 Å². The highest BCUT2D eigenvalue weighted by Crippen LogP contribution is 2.46. The number of aromatic nitrogens is 1. The van der Waals surface area contributed by atoms with Gasteiger partial charge in [0.15, 0.2) is 5.76 Å². The fraction of sp³-hybridized carbons (Fsp3) is 0.125. The number of methoxy groups -OCH3 is 3. The predicted octanol–water partition coefficient (Wildman–Crippen LogP) is 5.70. The maximum atomic E-state index is 6.24. The molecule has 0 atom stereocenters. The van der Waals surface area contributed by atoms with Gasteiger partial charge in [0.25, 0.3) is 0 Å². The maximum Gasteiger partial charge on any atom is 0.227 e. The number of benzene rings is 3. The first-order chi connectivity index (χ1) is 14.2. The van der Waals surface area contributed by atoms with Gasteiger partial charge in [-0.3, -0.25) is 0 Å². The third kappa shape index (κ3) is 3.55. The third-order valence-electron chi connectivity index (χ3n) is 4.64. The molecule has 0 fully saturated rings. The van der Waals surface area contributed by atoms with Gasteiger partial charge in [-0.05, 0) is 12.1 Å². The quantitative estimate of drug-likeness (QED) is 0.425. The van der Waals surface area contributed by atoms with Gasteiger partial charge in [0.05, 0.1) is 26.9 Å². The Labute approximate surface area is 169 Å². The van der Waals surface area contributed by atoms with Gasteiger partial charge < -0.3 is 18.6 Å². The van der Waals surface area contributed by atoms with Crippen LogP contribution in [0.15, 0.2) is 77.2 Å². The minimum absolute atomic E-state index is 0.527. The normalized spacial score (nSPS) is 10.6. The lowest BCUT2D eigenvalue weighted by molar-refractivity contribution is 0.377. The third-order valence-corrected chi connectivity index (χ3v) is 4.64. The van der Waals surface area contributed by atoms with Gasteiger partial charge in [-0.2, -0.15) is 0 Å². The molecule has 0 bridgehead atoms. The molecule has 0 radical (unpaired) electrons. The zero-order chi connectivity index (χ0) is 20.2. The second-order valence-corrected chi connectivity index (χ2v) is 6.34. The van der Waals surface area contributed by atoms with E-state index in [1.54, 1.807) is 21.3 Å². The minimum atomic E-state index is 0.527. The number of oxazole rings is 1. The van der Waals surface area contributed by atoms with Crippen LogP contribution < -0.4 is 14.2 Å². The van der Waals surface area contributed by atoms with E-state index in [-0.39, 0.29) is 0 Å². The summed E-state index contributed by atoms with van der Waals surface area (Å²) in [7, 11) is 4.82. The largest absolute Gasteiger partial charge is 0.496 e. The molecule has 0 aliphatic rings. The Morgan fingerprint density at radius 1 is 0.690 bits per heavy atom. The highest BCUT2D eigenvalue weighted by atomic mass is 16.5. The summed E-state index contributed by atoms with van der Waals surface area (Å²) in [6.45, 7) is 0. The first kappa shape index (κ1) is 18.6. The van der Waals surface area contributed by atoms with Gasteiger partial charge in [0.1, 0.15) is 22.9 Å². The van der Waals surface area contributed by atoms with Gasteiger partial charge in [0.2, 0.25) is 5.89 Å². The first-order valence-electron chi connectivity index (χ1n) is 9.17. The van der Waals surface area contributed by atoms with Crippen molar-refractivity contribution in [1.82, 2.24) is 4.98 Å². The zero-order valence-electron chi connectivity index (χ0n) is 16.5. The van der Waals surface area contributed by atoms with E-state index in [9.17, 15) is 0 Å². The van der Waals surface area contributed by atoms with E-state index < -0.39 is 0 Å². The van der Waals surface area contributed by atoms with Gasteiger partial charge >= 0.3 is 0 Å². The van der Waals surface area contributed by atoms with Crippen LogP contribution in [0.25, 0.3) is 34.0 Å². The van der Waals surface area contributed by atoms with E-state index in [2.05, 4.69) is 0 Å². The lowest BCUT2D eigenvalue weighted by Crippen LogP contribution is -1.96.